The Morgan fingerprint density at radius 3 is 2.76 bits per heavy atom. The Hall–Kier alpha value is -2.64. The summed E-state index contributed by atoms with van der Waals surface area (Å²) in [5.41, 5.74) is 5.68. The van der Waals surface area contributed by atoms with Crippen LogP contribution in [0.2, 0.25) is 0 Å². The van der Waals surface area contributed by atoms with Crippen LogP contribution in [0, 0.1) is 16.0 Å². The number of benzene rings is 1. The van der Waals surface area contributed by atoms with E-state index in [0.29, 0.717) is 25.2 Å². The van der Waals surface area contributed by atoms with Crippen molar-refractivity contribution in [2.75, 3.05) is 18.0 Å². The van der Waals surface area contributed by atoms with Crippen LogP contribution in [-0.2, 0) is 4.79 Å². The van der Waals surface area contributed by atoms with Crippen LogP contribution < -0.4 is 10.6 Å². The van der Waals surface area contributed by atoms with Crippen molar-refractivity contribution in [3.8, 4) is 0 Å². The number of nitro groups is 1. The maximum Gasteiger partial charge on any atom is 0.303 e. The Bertz CT molecular complexity index is 601. The highest BCUT2D eigenvalue weighted by molar-refractivity contribution is 5.99. The molecule has 0 aliphatic carbocycles. The quantitative estimate of drug-likeness (QED) is 0.615. The van der Waals surface area contributed by atoms with Crippen LogP contribution in [0.25, 0.3) is 0 Å². The molecule has 0 aromatic heterocycles. The number of hydrogen-bond donors (Lipinski definition) is 2. The summed E-state index contributed by atoms with van der Waals surface area (Å²) in [4.78, 5) is 34.2. The number of rotatable bonds is 5. The first-order chi connectivity index (χ1) is 9.88. The van der Waals surface area contributed by atoms with E-state index in [1.165, 1.54) is 12.1 Å². The van der Waals surface area contributed by atoms with Gasteiger partial charge in [-0.15, -0.1) is 0 Å². The van der Waals surface area contributed by atoms with Crippen LogP contribution in [0.15, 0.2) is 18.2 Å². The number of nitrogens with two attached hydrogens (primary N) is 1. The lowest BCUT2D eigenvalue weighted by atomic mass is 10.1. The lowest BCUT2D eigenvalue weighted by Crippen LogP contribution is -2.24. The van der Waals surface area contributed by atoms with Crippen molar-refractivity contribution < 1.29 is 19.6 Å². The van der Waals surface area contributed by atoms with E-state index in [9.17, 15) is 19.7 Å². The number of carboxylic acids is 1. The van der Waals surface area contributed by atoms with E-state index in [1.807, 2.05) is 4.90 Å². The molecule has 8 heteroatoms. The number of hydrogen-bond acceptors (Lipinski definition) is 5. The minimum Gasteiger partial charge on any atom is -0.481 e. The highest BCUT2D eigenvalue weighted by Crippen LogP contribution is 2.30. The number of carbonyl (C=O) groups is 2. The Morgan fingerprint density at radius 1 is 1.48 bits per heavy atom. The number of primary amides is 1. The zero-order valence-electron chi connectivity index (χ0n) is 11.2. The van der Waals surface area contributed by atoms with Crippen LogP contribution >= 0.6 is 0 Å². The van der Waals surface area contributed by atoms with E-state index in [4.69, 9.17) is 10.8 Å². The third-order valence-corrected chi connectivity index (χ3v) is 3.55. The molecule has 2 rings (SSSR count). The summed E-state index contributed by atoms with van der Waals surface area (Å²) in [7, 11) is 0. The molecule has 1 aromatic carbocycles. The molecule has 8 nitrogen and oxygen atoms in total. The third kappa shape index (κ3) is 3.28. The van der Waals surface area contributed by atoms with Gasteiger partial charge in [0.05, 0.1) is 16.2 Å². The van der Waals surface area contributed by atoms with Gasteiger partial charge in [-0.2, -0.15) is 0 Å². The van der Waals surface area contributed by atoms with E-state index in [1.54, 1.807) is 0 Å². The van der Waals surface area contributed by atoms with Crippen molar-refractivity contribution in [3.05, 3.63) is 33.9 Å². The number of non-ortho nitro benzene ring substituents is 1. The van der Waals surface area contributed by atoms with Gasteiger partial charge in [0.2, 0.25) is 0 Å². The van der Waals surface area contributed by atoms with Crippen molar-refractivity contribution in [2.45, 2.75) is 12.8 Å². The zero-order chi connectivity index (χ0) is 15.6. The number of nitro benzene ring substituents is 1. The Kier molecular flexibility index (Phi) is 4.06. The smallest absolute Gasteiger partial charge is 0.303 e. The first-order valence-corrected chi connectivity index (χ1v) is 6.43. The van der Waals surface area contributed by atoms with E-state index >= 15 is 0 Å². The lowest BCUT2D eigenvalue weighted by molar-refractivity contribution is -0.384. The molecule has 1 amide bonds. The molecule has 1 heterocycles. The molecular weight excluding hydrogens is 278 g/mol. The van der Waals surface area contributed by atoms with Gasteiger partial charge in [0.1, 0.15) is 0 Å². The Morgan fingerprint density at radius 2 is 2.19 bits per heavy atom. The average Bonchev–Trinajstić information content (AvgIpc) is 2.85. The summed E-state index contributed by atoms with van der Waals surface area (Å²) in [5, 5.41) is 19.6. The van der Waals surface area contributed by atoms with E-state index in [0.717, 1.165) is 6.07 Å². The summed E-state index contributed by atoms with van der Waals surface area (Å²) < 4.78 is 0. The second-order valence-corrected chi connectivity index (χ2v) is 5.02. The molecular formula is C13H15N3O5. The predicted octanol–water partition coefficient (Wildman–Crippen LogP) is 0.995. The minimum absolute atomic E-state index is 0.00146. The van der Waals surface area contributed by atoms with Crippen LogP contribution in [-0.4, -0.2) is 35.0 Å². The van der Waals surface area contributed by atoms with Gasteiger partial charge >= 0.3 is 5.97 Å². The number of carboxylic acid groups (broad SMARTS) is 1. The second-order valence-electron chi connectivity index (χ2n) is 5.02. The van der Waals surface area contributed by atoms with Gasteiger partial charge < -0.3 is 15.7 Å². The van der Waals surface area contributed by atoms with Crippen molar-refractivity contribution in [2.24, 2.45) is 11.7 Å². The zero-order valence-corrected chi connectivity index (χ0v) is 11.2. The summed E-state index contributed by atoms with van der Waals surface area (Å²) in [6.45, 7) is 1.08. The normalized spacial score (nSPS) is 17.7. The van der Waals surface area contributed by atoms with Crippen LogP contribution in [0.1, 0.15) is 23.2 Å². The average molecular weight is 293 g/mol. The summed E-state index contributed by atoms with van der Waals surface area (Å²) in [5.74, 6) is -1.60. The monoisotopic (exact) mass is 293 g/mol. The van der Waals surface area contributed by atoms with Crippen molar-refractivity contribution >= 4 is 23.3 Å². The highest BCUT2D eigenvalue weighted by atomic mass is 16.6. The molecule has 1 aromatic rings. The second kappa shape index (κ2) is 5.78. The third-order valence-electron chi connectivity index (χ3n) is 3.55. The van der Waals surface area contributed by atoms with Gasteiger partial charge in [0, 0.05) is 31.6 Å². The number of carbonyl (C=O) groups excluding carboxylic acids is 1. The molecule has 0 saturated carbocycles. The molecule has 0 spiro atoms. The van der Waals surface area contributed by atoms with Gasteiger partial charge in [-0.05, 0) is 18.4 Å². The number of amides is 1. The Labute approximate surface area is 120 Å². The Balaban J connectivity index is 2.26. The number of anilines is 1. The van der Waals surface area contributed by atoms with Gasteiger partial charge in [-0.25, -0.2) is 0 Å². The van der Waals surface area contributed by atoms with Gasteiger partial charge in [0.25, 0.3) is 11.6 Å². The summed E-state index contributed by atoms with van der Waals surface area (Å²) in [6, 6.07) is 3.95. The summed E-state index contributed by atoms with van der Waals surface area (Å²) >= 11 is 0. The number of aliphatic carboxylic acids is 1. The molecule has 1 unspecified atom stereocenters. The van der Waals surface area contributed by atoms with Gasteiger partial charge in [-0.3, -0.25) is 19.7 Å². The SMILES string of the molecule is NC(=O)c1cc([N+](=O)[O-])ccc1N1CCC(CC(=O)O)C1. The van der Waals surface area contributed by atoms with Crippen molar-refractivity contribution in [1.29, 1.82) is 0 Å². The van der Waals surface area contributed by atoms with Crippen LogP contribution in [0.4, 0.5) is 11.4 Å². The fraction of sp³-hybridized carbons (Fsp3) is 0.385. The molecule has 0 radical (unpaired) electrons. The maximum absolute atomic E-state index is 11.5. The highest BCUT2D eigenvalue weighted by Gasteiger charge is 2.27. The van der Waals surface area contributed by atoms with E-state index in [-0.39, 0.29) is 23.6 Å². The van der Waals surface area contributed by atoms with E-state index < -0.39 is 16.8 Å². The molecule has 1 fully saturated rings. The first kappa shape index (κ1) is 14.8. The molecule has 112 valence electrons. The van der Waals surface area contributed by atoms with Gasteiger partial charge in [0.15, 0.2) is 0 Å². The van der Waals surface area contributed by atoms with Gasteiger partial charge in [-0.1, -0.05) is 0 Å². The molecule has 1 aliphatic rings. The first-order valence-electron chi connectivity index (χ1n) is 6.43. The molecule has 3 N–H and O–H groups in total. The molecule has 1 saturated heterocycles. The topological polar surface area (TPSA) is 127 Å². The largest absolute Gasteiger partial charge is 0.481 e. The number of nitrogens with zero attached hydrogens (tertiary/aromatic N) is 2. The fourth-order valence-corrected chi connectivity index (χ4v) is 2.58. The molecule has 0 bridgehead atoms. The van der Waals surface area contributed by atoms with Crippen molar-refractivity contribution in [1.82, 2.24) is 0 Å². The van der Waals surface area contributed by atoms with Crippen molar-refractivity contribution in [3.63, 3.8) is 0 Å². The predicted molar refractivity (Wildman–Crippen MR) is 74.2 cm³/mol. The summed E-state index contributed by atoms with van der Waals surface area (Å²) in [6.07, 6.45) is 0.761. The minimum atomic E-state index is -0.860. The van der Waals surface area contributed by atoms with Crippen LogP contribution in [0.5, 0.6) is 0 Å². The maximum atomic E-state index is 11.5. The lowest BCUT2D eigenvalue weighted by Gasteiger charge is -2.20. The van der Waals surface area contributed by atoms with E-state index in [2.05, 4.69) is 0 Å². The fourth-order valence-electron chi connectivity index (χ4n) is 2.58. The molecule has 21 heavy (non-hydrogen) atoms. The van der Waals surface area contributed by atoms with Crippen LogP contribution in [0.3, 0.4) is 0 Å². The molecule has 1 aliphatic heterocycles. The standard InChI is InChI=1S/C13H15N3O5/c14-13(19)10-6-9(16(20)21)1-2-11(10)15-4-3-8(7-15)5-12(17)18/h1-2,6,8H,3-5,7H2,(H2,14,19)(H,17,18). The molecule has 1 atom stereocenters.